The lowest BCUT2D eigenvalue weighted by molar-refractivity contribution is 0.313. The number of imidazole rings is 1. The molecule has 1 atom stereocenters. The first-order valence-corrected chi connectivity index (χ1v) is 12.4. The second kappa shape index (κ2) is 10.5. The largest absolute Gasteiger partial charge is 0.376 e. The van der Waals surface area contributed by atoms with Gasteiger partial charge in [0.05, 0.1) is 39.4 Å². The zero-order valence-corrected chi connectivity index (χ0v) is 22.3. The first-order chi connectivity index (χ1) is 18.0. The number of anilines is 2. The Hall–Kier alpha value is -3.89. The van der Waals surface area contributed by atoms with Crippen LogP contribution in [0.4, 0.5) is 15.8 Å². The maximum atomic E-state index is 15.2. The SMILES string of the molecule is C[C@H](Nc1c(-c2nc3ccc(N4CCN(C)CC4)cc3[nH]2)c(=O)[nH]c2cccc(F)c12)c1ccccn1.S. The van der Waals surface area contributed by atoms with Gasteiger partial charge in [-0.25, -0.2) is 9.37 Å². The smallest absolute Gasteiger partial charge is 0.261 e. The highest BCUT2D eigenvalue weighted by atomic mass is 32.1. The van der Waals surface area contributed by atoms with Crippen molar-refractivity contribution in [3.63, 3.8) is 0 Å². The van der Waals surface area contributed by atoms with Crippen LogP contribution in [0, 0.1) is 5.82 Å². The fourth-order valence-electron chi connectivity index (χ4n) is 4.98. The summed E-state index contributed by atoms with van der Waals surface area (Å²) in [4.78, 5) is 33.4. The summed E-state index contributed by atoms with van der Waals surface area (Å²) >= 11 is 0. The predicted octanol–water partition coefficient (Wildman–Crippen LogP) is 4.64. The first kappa shape index (κ1) is 25.7. The Labute approximate surface area is 226 Å². The molecule has 0 bridgehead atoms. The van der Waals surface area contributed by atoms with Crippen molar-refractivity contribution in [3.05, 3.63) is 82.7 Å². The molecule has 196 valence electrons. The molecule has 0 spiro atoms. The number of hydrogen-bond acceptors (Lipinski definition) is 6. The number of nitrogens with zero attached hydrogens (tertiary/aromatic N) is 4. The fraction of sp³-hybridized carbons (Fsp3) is 0.250. The summed E-state index contributed by atoms with van der Waals surface area (Å²) < 4.78 is 15.2. The van der Waals surface area contributed by atoms with Crippen molar-refractivity contribution in [1.29, 1.82) is 0 Å². The van der Waals surface area contributed by atoms with E-state index in [-0.39, 0.29) is 30.7 Å². The van der Waals surface area contributed by atoms with Crippen molar-refractivity contribution >= 4 is 46.8 Å². The summed E-state index contributed by atoms with van der Waals surface area (Å²) in [5, 5.41) is 3.67. The molecule has 3 N–H and O–H groups in total. The van der Waals surface area contributed by atoms with Crippen LogP contribution in [0.25, 0.3) is 33.3 Å². The number of benzene rings is 2. The summed E-state index contributed by atoms with van der Waals surface area (Å²) in [6.45, 7) is 5.85. The van der Waals surface area contributed by atoms with E-state index in [1.165, 1.54) is 6.07 Å². The molecule has 0 unspecified atom stereocenters. The Morgan fingerprint density at radius 1 is 1.00 bits per heavy atom. The predicted molar refractivity (Wildman–Crippen MR) is 156 cm³/mol. The van der Waals surface area contributed by atoms with Crippen molar-refractivity contribution in [3.8, 4) is 11.4 Å². The third kappa shape index (κ3) is 4.72. The van der Waals surface area contributed by atoms with Gasteiger partial charge in [-0.05, 0) is 56.4 Å². The number of aromatic nitrogens is 4. The van der Waals surface area contributed by atoms with Gasteiger partial charge in [0.1, 0.15) is 17.2 Å². The molecule has 1 aliphatic rings. The Kier molecular flexibility index (Phi) is 7.09. The zero-order chi connectivity index (χ0) is 25.5. The number of piperazine rings is 1. The summed E-state index contributed by atoms with van der Waals surface area (Å²) in [5.74, 6) is -0.0492. The minimum atomic E-state index is -0.431. The normalized spacial score (nSPS) is 15.0. The van der Waals surface area contributed by atoms with Gasteiger partial charge in [0.25, 0.3) is 5.56 Å². The Morgan fingerprint density at radius 3 is 2.58 bits per heavy atom. The molecule has 0 aliphatic carbocycles. The molecule has 1 fully saturated rings. The quantitative estimate of drug-likeness (QED) is 0.306. The molecular formula is C28H30FN7OS. The number of hydrogen-bond donors (Lipinski definition) is 3. The van der Waals surface area contributed by atoms with E-state index < -0.39 is 5.82 Å². The third-order valence-corrected chi connectivity index (χ3v) is 7.05. The van der Waals surface area contributed by atoms with Crippen molar-refractivity contribution in [2.24, 2.45) is 0 Å². The maximum Gasteiger partial charge on any atom is 0.261 e. The summed E-state index contributed by atoms with van der Waals surface area (Å²) in [6, 6.07) is 16.1. The molecule has 3 aromatic heterocycles. The fourth-order valence-corrected chi connectivity index (χ4v) is 4.98. The molecule has 0 radical (unpaired) electrons. The highest BCUT2D eigenvalue weighted by Crippen LogP contribution is 2.35. The topological polar surface area (TPSA) is 92.9 Å². The van der Waals surface area contributed by atoms with Gasteiger partial charge in [-0.3, -0.25) is 9.78 Å². The molecule has 10 heteroatoms. The van der Waals surface area contributed by atoms with Crippen LogP contribution in [0.15, 0.2) is 65.6 Å². The number of H-pyrrole nitrogens is 2. The lowest BCUT2D eigenvalue weighted by Gasteiger charge is -2.34. The molecule has 0 saturated carbocycles. The van der Waals surface area contributed by atoms with Crippen LogP contribution in [0.3, 0.4) is 0 Å². The van der Waals surface area contributed by atoms with E-state index in [1.807, 2.05) is 31.2 Å². The molecule has 8 nitrogen and oxygen atoms in total. The molecule has 38 heavy (non-hydrogen) atoms. The van der Waals surface area contributed by atoms with Crippen LogP contribution >= 0.6 is 13.5 Å². The average Bonchev–Trinajstić information content (AvgIpc) is 3.32. The number of rotatable bonds is 5. The highest BCUT2D eigenvalue weighted by Gasteiger charge is 2.22. The number of likely N-dealkylation sites (N-methyl/N-ethyl adjacent to an activating group) is 1. The highest BCUT2D eigenvalue weighted by molar-refractivity contribution is 7.59. The second-order valence-electron chi connectivity index (χ2n) is 9.56. The Balaban J connectivity index is 0.00000294. The van der Waals surface area contributed by atoms with Crippen molar-refractivity contribution < 1.29 is 4.39 Å². The van der Waals surface area contributed by atoms with Crippen LogP contribution in [0.5, 0.6) is 0 Å². The Morgan fingerprint density at radius 2 is 1.82 bits per heavy atom. The molecule has 0 amide bonds. The first-order valence-electron chi connectivity index (χ1n) is 12.4. The lowest BCUT2D eigenvalue weighted by Crippen LogP contribution is -2.44. The monoisotopic (exact) mass is 531 g/mol. The molecule has 4 heterocycles. The minimum absolute atomic E-state index is 0. The van der Waals surface area contributed by atoms with Gasteiger partial charge in [-0.1, -0.05) is 12.1 Å². The number of pyridine rings is 2. The second-order valence-corrected chi connectivity index (χ2v) is 9.56. The molecule has 1 saturated heterocycles. The van der Waals surface area contributed by atoms with Crippen molar-refractivity contribution in [2.75, 3.05) is 43.4 Å². The average molecular weight is 532 g/mol. The minimum Gasteiger partial charge on any atom is -0.376 e. The van der Waals surface area contributed by atoms with Crippen molar-refractivity contribution in [2.45, 2.75) is 13.0 Å². The summed E-state index contributed by atoms with van der Waals surface area (Å²) in [6.07, 6.45) is 1.71. The van der Waals surface area contributed by atoms with E-state index in [9.17, 15) is 4.79 Å². The molecule has 5 aromatic rings. The van der Waals surface area contributed by atoms with E-state index in [0.717, 1.165) is 48.6 Å². The third-order valence-electron chi connectivity index (χ3n) is 7.05. The Bertz CT molecular complexity index is 1640. The van der Waals surface area contributed by atoms with Gasteiger partial charge in [0.15, 0.2) is 0 Å². The summed E-state index contributed by atoms with van der Waals surface area (Å²) in [7, 11) is 2.13. The number of nitrogens with one attached hydrogen (secondary N) is 3. The van der Waals surface area contributed by atoms with Gasteiger partial charge in [-0.2, -0.15) is 13.5 Å². The van der Waals surface area contributed by atoms with Gasteiger partial charge >= 0.3 is 0 Å². The summed E-state index contributed by atoms with van der Waals surface area (Å²) in [5.41, 5.74) is 4.15. The lowest BCUT2D eigenvalue weighted by atomic mass is 10.1. The molecule has 1 aliphatic heterocycles. The number of fused-ring (bicyclic) bond motifs is 2. The van der Waals surface area contributed by atoms with E-state index >= 15 is 4.39 Å². The van der Waals surface area contributed by atoms with Gasteiger partial charge in [-0.15, -0.1) is 0 Å². The van der Waals surface area contributed by atoms with E-state index in [0.29, 0.717) is 22.4 Å². The van der Waals surface area contributed by atoms with Gasteiger partial charge in [0.2, 0.25) is 0 Å². The number of aromatic amines is 2. The van der Waals surface area contributed by atoms with Crippen LogP contribution in [-0.4, -0.2) is 58.1 Å². The van der Waals surface area contributed by atoms with Crippen LogP contribution in [0.1, 0.15) is 18.7 Å². The maximum absolute atomic E-state index is 15.2. The van der Waals surface area contributed by atoms with E-state index in [4.69, 9.17) is 4.98 Å². The van der Waals surface area contributed by atoms with E-state index in [1.54, 1.807) is 18.3 Å². The zero-order valence-electron chi connectivity index (χ0n) is 21.3. The van der Waals surface area contributed by atoms with Crippen molar-refractivity contribution in [1.82, 2.24) is 24.8 Å². The van der Waals surface area contributed by atoms with Gasteiger partial charge < -0.3 is 25.1 Å². The van der Waals surface area contributed by atoms with E-state index in [2.05, 4.69) is 49.2 Å². The molecule has 6 rings (SSSR count). The standard InChI is InChI=1S/C28H28FN7O.H2S/c1-17(20-7-3-4-11-30-20)31-26-24-19(29)6-5-8-22(24)34-28(37)25(26)27-32-21-10-9-18(16-23(21)33-27)36-14-12-35(2)13-15-36;/h3-11,16-17H,12-15H2,1-2H3,(H,32,33)(H2,31,34,37);1H2/t17-;/m0./s1. The van der Waals surface area contributed by atoms with Crippen LogP contribution in [-0.2, 0) is 0 Å². The van der Waals surface area contributed by atoms with Crippen LogP contribution in [0.2, 0.25) is 0 Å². The van der Waals surface area contributed by atoms with Crippen LogP contribution < -0.4 is 15.8 Å². The molecular weight excluding hydrogens is 501 g/mol. The van der Waals surface area contributed by atoms with Gasteiger partial charge in [0, 0.05) is 38.1 Å². The number of halogens is 1. The molecule has 2 aromatic carbocycles.